The van der Waals surface area contributed by atoms with Crippen LogP contribution in [-0.2, 0) is 0 Å². The maximum absolute atomic E-state index is 8.28. The Morgan fingerprint density at radius 1 is 1.38 bits per heavy atom. The number of methoxy groups -OCH3 is 1. The minimum atomic E-state index is 0.711. The Balaban J connectivity index is 3.15. The summed E-state index contributed by atoms with van der Waals surface area (Å²) >= 11 is 0. The Labute approximate surface area is 77.8 Å². The normalized spacial score (nSPS) is 8.08. The van der Waals surface area contributed by atoms with Crippen molar-refractivity contribution in [1.29, 1.82) is 5.26 Å². The summed E-state index contributed by atoms with van der Waals surface area (Å²) in [5.41, 5.74) is 1.86. The first-order chi connectivity index (χ1) is 6.27. The molecule has 0 aliphatic heterocycles. The number of nitriles is 1. The van der Waals surface area contributed by atoms with E-state index in [4.69, 9.17) is 10.00 Å². The van der Waals surface area contributed by atoms with Crippen molar-refractivity contribution in [2.75, 3.05) is 7.11 Å². The molecule has 0 spiro atoms. The van der Waals surface area contributed by atoms with Gasteiger partial charge in [0.15, 0.2) is 6.07 Å². The van der Waals surface area contributed by atoms with Crippen LogP contribution in [0.1, 0.15) is 11.1 Å². The molecule has 0 amide bonds. The van der Waals surface area contributed by atoms with Crippen LogP contribution < -0.4 is 4.74 Å². The lowest BCUT2D eigenvalue weighted by Crippen LogP contribution is -1.88. The maximum atomic E-state index is 8.28. The van der Waals surface area contributed by atoms with Crippen LogP contribution in [0.4, 0.5) is 0 Å². The molecule has 0 aromatic heterocycles. The second kappa shape index (κ2) is 4.18. The second-order valence-corrected chi connectivity index (χ2v) is 2.57. The molecule has 0 saturated heterocycles. The van der Waals surface area contributed by atoms with Gasteiger partial charge < -0.3 is 4.74 Å². The average molecular weight is 171 g/mol. The van der Waals surface area contributed by atoms with Crippen molar-refractivity contribution in [2.24, 2.45) is 0 Å². The second-order valence-electron chi connectivity index (χ2n) is 2.57. The van der Waals surface area contributed by atoms with Crippen LogP contribution in [0.3, 0.4) is 0 Å². The fourth-order valence-electron chi connectivity index (χ4n) is 0.997. The highest BCUT2D eigenvalue weighted by atomic mass is 16.5. The molecule has 64 valence electrons. The van der Waals surface area contributed by atoms with Crippen molar-refractivity contribution >= 4 is 0 Å². The Bertz CT molecular complexity index is 404. The van der Waals surface area contributed by atoms with Gasteiger partial charge in [-0.2, -0.15) is 5.26 Å². The van der Waals surface area contributed by atoms with Gasteiger partial charge in [0.2, 0.25) is 0 Å². The van der Waals surface area contributed by atoms with Crippen LogP contribution in [0.25, 0.3) is 0 Å². The molecule has 2 nitrogen and oxygen atoms in total. The van der Waals surface area contributed by atoms with Crippen LogP contribution in [0.5, 0.6) is 5.75 Å². The number of ether oxygens (including phenoxy) is 1. The molecule has 0 N–H and O–H groups in total. The fourth-order valence-corrected chi connectivity index (χ4v) is 0.997. The van der Waals surface area contributed by atoms with Crippen molar-refractivity contribution in [2.45, 2.75) is 6.92 Å². The zero-order valence-corrected chi connectivity index (χ0v) is 7.59. The first kappa shape index (κ1) is 9.16. The lowest BCUT2D eigenvalue weighted by molar-refractivity contribution is 0.413. The Kier molecular flexibility index (Phi) is 2.95. The molecule has 0 heterocycles. The molecular weight excluding hydrogens is 162 g/mol. The van der Waals surface area contributed by atoms with E-state index < -0.39 is 0 Å². The standard InChI is InChI=1S/C11H9NO/c1-9-5-6-10(4-3-7-12)11(8-9)13-2/h5-6,8H,1-2H3. The molecule has 1 rings (SSSR count). The molecule has 0 aliphatic rings. The molecule has 13 heavy (non-hydrogen) atoms. The van der Waals surface area contributed by atoms with Crippen LogP contribution in [0.2, 0.25) is 0 Å². The molecule has 1 aromatic rings. The van der Waals surface area contributed by atoms with E-state index in [1.54, 1.807) is 13.2 Å². The van der Waals surface area contributed by atoms with Crippen LogP contribution in [0.15, 0.2) is 18.2 Å². The Morgan fingerprint density at radius 3 is 2.77 bits per heavy atom. The highest BCUT2D eigenvalue weighted by Gasteiger charge is 1.98. The molecule has 1 aromatic carbocycles. The van der Waals surface area contributed by atoms with E-state index >= 15 is 0 Å². The summed E-state index contributed by atoms with van der Waals surface area (Å²) in [7, 11) is 1.59. The third kappa shape index (κ3) is 2.25. The van der Waals surface area contributed by atoms with E-state index in [9.17, 15) is 0 Å². The summed E-state index contributed by atoms with van der Waals surface area (Å²) < 4.78 is 5.11. The van der Waals surface area contributed by atoms with Crippen LogP contribution >= 0.6 is 0 Å². The van der Waals surface area contributed by atoms with E-state index in [0.717, 1.165) is 11.1 Å². The number of benzene rings is 1. The van der Waals surface area contributed by atoms with Crippen LogP contribution in [0, 0.1) is 30.1 Å². The predicted octanol–water partition coefficient (Wildman–Crippen LogP) is 1.88. The summed E-state index contributed by atoms with van der Waals surface area (Å²) in [5, 5.41) is 8.28. The minimum Gasteiger partial charge on any atom is -0.495 e. The molecular formula is C11H9NO. The molecule has 0 aliphatic carbocycles. The van der Waals surface area contributed by atoms with Crippen molar-refractivity contribution in [3.8, 4) is 23.7 Å². The quantitative estimate of drug-likeness (QED) is 0.604. The molecule has 0 bridgehead atoms. The topological polar surface area (TPSA) is 33.0 Å². The first-order valence-corrected chi connectivity index (χ1v) is 3.82. The van der Waals surface area contributed by atoms with Gasteiger partial charge in [-0.1, -0.05) is 6.07 Å². The number of hydrogen-bond donors (Lipinski definition) is 0. The Morgan fingerprint density at radius 2 is 2.15 bits per heavy atom. The van der Waals surface area contributed by atoms with Crippen molar-refractivity contribution in [3.63, 3.8) is 0 Å². The average Bonchev–Trinajstić information content (AvgIpc) is 2.16. The molecule has 2 heteroatoms. The third-order valence-corrected chi connectivity index (χ3v) is 1.61. The molecule has 0 atom stereocenters. The summed E-state index contributed by atoms with van der Waals surface area (Å²) in [6.45, 7) is 1.98. The summed E-state index contributed by atoms with van der Waals surface area (Å²) in [4.78, 5) is 0. The fraction of sp³-hybridized carbons (Fsp3) is 0.182. The molecule has 0 radical (unpaired) electrons. The summed E-state index contributed by atoms with van der Waals surface area (Å²) in [6.07, 6.45) is 0. The van der Waals surface area contributed by atoms with E-state index in [2.05, 4.69) is 11.8 Å². The lowest BCUT2D eigenvalue weighted by Gasteiger charge is -2.03. The van der Waals surface area contributed by atoms with E-state index in [1.807, 2.05) is 25.1 Å². The molecule has 0 saturated carbocycles. The van der Waals surface area contributed by atoms with E-state index in [1.165, 1.54) is 0 Å². The number of aryl methyl sites for hydroxylation is 1. The highest BCUT2D eigenvalue weighted by Crippen LogP contribution is 2.18. The highest BCUT2D eigenvalue weighted by molar-refractivity contribution is 5.49. The van der Waals surface area contributed by atoms with Gasteiger partial charge in [0.05, 0.1) is 12.7 Å². The van der Waals surface area contributed by atoms with Crippen molar-refractivity contribution < 1.29 is 4.74 Å². The zero-order chi connectivity index (χ0) is 9.68. The third-order valence-electron chi connectivity index (χ3n) is 1.61. The largest absolute Gasteiger partial charge is 0.495 e. The van der Waals surface area contributed by atoms with Gasteiger partial charge in [0.1, 0.15) is 5.75 Å². The number of rotatable bonds is 1. The van der Waals surface area contributed by atoms with Gasteiger partial charge in [-0.25, -0.2) is 0 Å². The Hall–Kier alpha value is -1.93. The zero-order valence-electron chi connectivity index (χ0n) is 7.59. The van der Waals surface area contributed by atoms with Gasteiger partial charge in [-0.05, 0) is 30.5 Å². The van der Waals surface area contributed by atoms with Gasteiger partial charge in [-0.15, -0.1) is 0 Å². The minimum absolute atomic E-state index is 0.711. The van der Waals surface area contributed by atoms with Crippen molar-refractivity contribution in [1.82, 2.24) is 0 Å². The number of nitrogens with zero attached hydrogens (tertiary/aromatic N) is 1. The van der Waals surface area contributed by atoms with E-state index in [0.29, 0.717) is 5.75 Å². The summed E-state index contributed by atoms with van der Waals surface area (Å²) in [5.74, 6) is 5.75. The molecule has 0 unspecified atom stereocenters. The first-order valence-electron chi connectivity index (χ1n) is 3.82. The van der Waals surface area contributed by atoms with Gasteiger partial charge >= 0.3 is 0 Å². The predicted molar refractivity (Wildman–Crippen MR) is 50.2 cm³/mol. The van der Waals surface area contributed by atoms with Crippen molar-refractivity contribution in [3.05, 3.63) is 29.3 Å². The van der Waals surface area contributed by atoms with E-state index in [-0.39, 0.29) is 0 Å². The SMILES string of the molecule is COc1cc(C)ccc1C#CC#N. The summed E-state index contributed by atoms with van der Waals surface area (Å²) in [6, 6.07) is 7.44. The molecule has 0 fully saturated rings. The smallest absolute Gasteiger partial charge is 0.152 e. The van der Waals surface area contributed by atoms with Gasteiger partial charge in [-0.3, -0.25) is 0 Å². The van der Waals surface area contributed by atoms with Gasteiger partial charge in [0, 0.05) is 5.92 Å². The lowest BCUT2D eigenvalue weighted by atomic mass is 10.1. The van der Waals surface area contributed by atoms with Crippen LogP contribution in [-0.4, -0.2) is 7.11 Å². The number of hydrogen-bond acceptors (Lipinski definition) is 2. The monoisotopic (exact) mass is 171 g/mol. The van der Waals surface area contributed by atoms with Gasteiger partial charge in [0.25, 0.3) is 0 Å². The maximum Gasteiger partial charge on any atom is 0.152 e.